The van der Waals surface area contributed by atoms with E-state index >= 15 is 4.79 Å². The van der Waals surface area contributed by atoms with Gasteiger partial charge in [-0.25, -0.2) is 9.59 Å². The number of aliphatic carboxylic acids is 1. The van der Waals surface area contributed by atoms with Crippen molar-refractivity contribution < 1.29 is 106 Å². The number of carboxylic acid groups (broad SMARTS) is 1. The molecule has 5 N–H and O–H groups in total. The first-order valence-corrected chi connectivity index (χ1v) is 33.5. The van der Waals surface area contributed by atoms with E-state index in [4.69, 9.17) is 47.4 Å². The fourth-order valence-electron chi connectivity index (χ4n) is 14.9. The van der Waals surface area contributed by atoms with Crippen LogP contribution in [0.4, 0.5) is 0 Å². The average Bonchev–Trinajstić information content (AvgIpc) is 1.55. The van der Waals surface area contributed by atoms with E-state index in [1.807, 2.05) is 32.8 Å². The summed E-state index contributed by atoms with van der Waals surface area (Å²) in [6, 6.07) is 3.68. The van der Waals surface area contributed by atoms with Crippen LogP contribution in [0.2, 0.25) is 0 Å². The van der Waals surface area contributed by atoms with E-state index < -0.39 is 186 Å². The first kappa shape index (κ1) is 74.3. The summed E-state index contributed by atoms with van der Waals surface area (Å²) in [6.45, 7) is 20.1. The molecule has 7 saturated heterocycles. The quantitative estimate of drug-likeness (QED) is 0.0574. The summed E-state index contributed by atoms with van der Waals surface area (Å²) in [5.41, 5.74) is -4.91. The lowest BCUT2D eigenvalue weighted by Gasteiger charge is -2.49. The molecular weight excluding hydrogens is 1250 g/mol. The molecule has 0 bridgehead atoms. The number of carbonyl (C=O) groups excluding carboxylic acids is 7. The third-order valence-electron chi connectivity index (χ3n) is 20.0. The van der Waals surface area contributed by atoms with Gasteiger partial charge >= 0.3 is 29.8 Å². The van der Waals surface area contributed by atoms with Gasteiger partial charge < -0.3 is 82.9 Å². The van der Waals surface area contributed by atoms with Crippen LogP contribution in [0.5, 0.6) is 0 Å². The molecular formula is C66H99N5O22S. The van der Waals surface area contributed by atoms with Crippen molar-refractivity contribution in [2.45, 2.75) is 253 Å². The van der Waals surface area contributed by atoms with Crippen molar-refractivity contribution in [1.29, 1.82) is 0 Å². The third-order valence-corrected chi connectivity index (χ3v) is 21.6. The number of fused-ring (bicyclic) bond motifs is 2. The number of nitrogens with one attached hydrogen (secondary N) is 1. The van der Waals surface area contributed by atoms with Gasteiger partial charge in [-0.2, -0.15) is 0 Å². The van der Waals surface area contributed by atoms with E-state index in [9.17, 15) is 54.0 Å². The molecule has 0 saturated carbocycles. The van der Waals surface area contributed by atoms with Gasteiger partial charge in [0.1, 0.15) is 53.2 Å². The Morgan fingerprint density at radius 1 is 0.862 bits per heavy atom. The minimum Gasteiger partial charge on any atom is -0.480 e. The molecule has 0 aromatic heterocycles. The molecule has 23 atom stereocenters. The summed E-state index contributed by atoms with van der Waals surface area (Å²) in [7, 11) is 7.17. The van der Waals surface area contributed by atoms with Gasteiger partial charge in [0.15, 0.2) is 36.9 Å². The van der Waals surface area contributed by atoms with E-state index in [1.54, 1.807) is 87.6 Å². The Morgan fingerprint density at radius 3 is 2.16 bits per heavy atom. The molecule has 1 aromatic carbocycles. The van der Waals surface area contributed by atoms with Gasteiger partial charge in [0, 0.05) is 49.2 Å². The second-order valence-corrected chi connectivity index (χ2v) is 29.8. The molecule has 0 radical (unpaired) electrons. The van der Waals surface area contributed by atoms with Gasteiger partial charge in [-0.15, -0.1) is 11.8 Å². The van der Waals surface area contributed by atoms with Crippen molar-refractivity contribution in [3.05, 3.63) is 47.7 Å². The molecule has 0 aliphatic carbocycles. The molecule has 3 amide bonds. The van der Waals surface area contributed by atoms with Crippen LogP contribution in [0.15, 0.2) is 42.2 Å². The van der Waals surface area contributed by atoms with Gasteiger partial charge in [0.05, 0.1) is 55.4 Å². The predicted molar refractivity (Wildman–Crippen MR) is 336 cm³/mol. The molecule has 1 unspecified atom stereocenters. The molecule has 8 rings (SSSR count). The maximum atomic E-state index is 15.2. The SMILES string of the molecule is CC[C@H]1OC(=O)[C@H](C)[C@@H](O[C@H]2C[C@@](C)(OC)[C@@H](OC(=O)[C@@H]3N4C(=O)[C@@H](NC(=O)C(C(=O)O)c5ccccc5)[C@H]4SC3(C)C)[C@H](C)O2)[C@H](C)[C@@H](O[C@H]2C[C@@H](N(C)C)C[C@@H](C)O2)[C@](C)(O)C[C@@H](C)CN(C)[C@H](C)[C@@H](OC(=O)CCOC(=O)[C@H]2/C(=C/CO)O[C@@H]3CC(=O)N32)[C@]1(C)O. The number of benzene rings is 1. The number of ether oxygens (including phenoxy) is 10. The summed E-state index contributed by atoms with van der Waals surface area (Å²) in [4.78, 5) is 116. The number of cyclic esters (lactones) is 1. The van der Waals surface area contributed by atoms with Crippen LogP contribution in [-0.4, -0.2) is 254 Å². The maximum Gasteiger partial charge on any atom is 0.336 e. The molecule has 28 heteroatoms. The molecule has 7 fully saturated rings. The van der Waals surface area contributed by atoms with Gasteiger partial charge in [0.25, 0.3) is 0 Å². The van der Waals surface area contributed by atoms with E-state index in [0.717, 1.165) is 6.42 Å². The van der Waals surface area contributed by atoms with E-state index in [0.29, 0.717) is 6.42 Å². The first-order valence-electron chi connectivity index (χ1n) is 32.6. The Hall–Kier alpha value is -5.53. The van der Waals surface area contributed by atoms with Crippen LogP contribution < -0.4 is 5.32 Å². The molecule has 27 nitrogen and oxygen atoms in total. The standard InChI is InChI=1S/C66H99N5O22S/c1-17-42-66(12,83)54(90-45(74)24-26-85-61(80)50-41(23-25-72)88-44-29-43(73)70(44)50)37(6)69(15)32-33(2)30-64(10,82)53(92-46-28-40(68(13)14)27-34(3)86-46)35(4)51(36(5)60(79)89-42)91-47-31-65(11,84-16)55(38(7)87-47)93-62(81)52-63(8,9)94-58-49(57(76)71(52)58)67-56(75)48(59(77)78)39-21-19-18-20-22-39/h18-23,33-38,40,42,44,46-55,58,72,82-83H,17,24-32H2,1-16H3,(H,67,75)(H,77,78)/b41-23-/t33-,34-,35+,36-,37-,38+,40+,42-,44-,46+,47+,48?,49-,50-,51+,52+,53-,54-,55+,58-,64-,65-,66-/m1/s1. The molecule has 7 aliphatic rings. The Bertz CT molecular complexity index is 2950. The number of aliphatic hydroxyl groups excluding tert-OH is 1. The van der Waals surface area contributed by atoms with E-state index in [1.165, 1.54) is 53.8 Å². The summed E-state index contributed by atoms with van der Waals surface area (Å²) in [5.74, 6) is -10.5. The summed E-state index contributed by atoms with van der Waals surface area (Å²) in [6.07, 6.45) is -8.05. The van der Waals surface area contributed by atoms with Crippen LogP contribution in [-0.2, 0) is 85.7 Å². The monoisotopic (exact) mass is 1350 g/mol. The third kappa shape index (κ3) is 15.6. The van der Waals surface area contributed by atoms with Crippen LogP contribution in [0.3, 0.4) is 0 Å². The summed E-state index contributed by atoms with van der Waals surface area (Å²) in [5, 5.41) is 47.5. The molecule has 526 valence electrons. The number of hydrogen-bond acceptors (Lipinski definition) is 24. The first-order chi connectivity index (χ1) is 44.0. The number of likely N-dealkylation sites (N-methyl/N-ethyl adjacent to an activating group) is 1. The number of hydrogen-bond donors (Lipinski definition) is 5. The van der Waals surface area contributed by atoms with Crippen LogP contribution in [0, 0.1) is 17.8 Å². The van der Waals surface area contributed by atoms with Gasteiger partial charge in [-0.1, -0.05) is 51.1 Å². The zero-order chi connectivity index (χ0) is 69.4. The van der Waals surface area contributed by atoms with Crippen LogP contribution >= 0.6 is 11.8 Å². The average molecular weight is 1350 g/mol. The topological polar surface area (TPSA) is 335 Å². The molecule has 0 spiro atoms. The minimum atomic E-state index is -2.10. The van der Waals surface area contributed by atoms with Crippen LogP contribution in [0.25, 0.3) is 0 Å². The van der Waals surface area contributed by atoms with E-state index in [-0.39, 0.29) is 67.5 Å². The Labute approximate surface area is 554 Å². The smallest absolute Gasteiger partial charge is 0.336 e. The lowest BCUT2D eigenvalue weighted by atomic mass is 9.77. The van der Waals surface area contributed by atoms with Gasteiger partial charge in [-0.05, 0) is 120 Å². The van der Waals surface area contributed by atoms with Gasteiger partial charge in [-0.3, -0.25) is 38.6 Å². The highest BCUT2D eigenvalue weighted by molar-refractivity contribution is 8.01. The van der Waals surface area contributed by atoms with Gasteiger partial charge in [0.2, 0.25) is 17.7 Å². The van der Waals surface area contributed by atoms with Crippen molar-refractivity contribution in [2.75, 3.05) is 48.0 Å². The number of esters is 4. The summed E-state index contributed by atoms with van der Waals surface area (Å²) < 4.78 is 62.5. The van der Waals surface area contributed by atoms with Crippen molar-refractivity contribution in [2.24, 2.45) is 17.8 Å². The zero-order valence-corrected chi connectivity index (χ0v) is 57.7. The predicted octanol–water partition coefficient (Wildman–Crippen LogP) is 3.21. The second-order valence-electron chi connectivity index (χ2n) is 28.1. The number of methoxy groups -OCH3 is 1. The lowest BCUT2D eigenvalue weighted by Crippen LogP contribution is -2.71. The highest BCUT2D eigenvalue weighted by Gasteiger charge is 2.66. The fourth-order valence-corrected chi connectivity index (χ4v) is 16.5. The highest BCUT2D eigenvalue weighted by atomic mass is 32.2. The molecule has 7 heterocycles. The lowest BCUT2D eigenvalue weighted by molar-refractivity contribution is -0.310. The maximum absolute atomic E-state index is 15.2. The number of carbonyl (C=O) groups is 8. The summed E-state index contributed by atoms with van der Waals surface area (Å²) >= 11 is 1.27. The van der Waals surface area contributed by atoms with Crippen LogP contribution in [0.1, 0.15) is 140 Å². The number of thioether (sulfide) groups is 1. The molecule has 94 heavy (non-hydrogen) atoms. The normalized spacial score (nSPS) is 39.5. The number of β-lactam (4-membered cyclic amide) rings is 2. The fraction of sp³-hybridized carbons (Fsp3) is 0.758. The van der Waals surface area contributed by atoms with Crippen molar-refractivity contribution in [3.63, 3.8) is 0 Å². The number of amides is 3. The number of aliphatic hydroxyl groups is 3. The Balaban J connectivity index is 1.04. The number of nitrogens with zero attached hydrogens (tertiary/aromatic N) is 4. The largest absolute Gasteiger partial charge is 0.480 e. The highest BCUT2D eigenvalue weighted by Crippen LogP contribution is 2.52. The van der Waals surface area contributed by atoms with Crippen molar-refractivity contribution in [1.82, 2.24) is 24.9 Å². The van der Waals surface area contributed by atoms with E-state index in [2.05, 4.69) is 10.2 Å². The number of carboxylic acids is 1. The number of rotatable bonds is 19. The Kier molecular flexibility index (Phi) is 23.4. The second kappa shape index (κ2) is 29.7. The Morgan fingerprint density at radius 2 is 1.54 bits per heavy atom. The minimum absolute atomic E-state index is 0.0249. The molecule has 7 aliphatic heterocycles. The van der Waals surface area contributed by atoms with Crippen molar-refractivity contribution >= 4 is 59.3 Å². The zero-order valence-electron chi connectivity index (χ0n) is 56.9. The van der Waals surface area contributed by atoms with Crippen molar-refractivity contribution in [3.8, 4) is 0 Å². The molecule has 1 aromatic rings.